The maximum Gasteiger partial charge on any atom is 0.223 e. The van der Waals surface area contributed by atoms with Gasteiger partial charge in [-0.3, -0.25) is 4.79 Å². The maximum atomic E-state index is 12.3. The minimum Gasteiger partial charge on any atom is -0.348 e. The predicted octanol–water partition coefficient (Wildman–Crippen LogP) is 2.74. The van der Waals surface area contributed by atoms with Crippen molar-refractivity contribution in [3.63, 3.8) is 0 Å². The lowest BCUT2D eigenvalue weighted by molar-refractivity contribution is -0.128. The molecule has 20 heavy (non-hydrogen) atoms. The van der Waals surface area contributed by atoms with Gasteiger partial charge in [0, 0.05) is 12.5 Å². The van der Waals surface area contributed by atoms with E-state index in [1.54, 1.807) is 0 Å². The first-order chi connectivity index (χ1) is 9.83. The lowest BCUT2D eigenvalue weighted by Crippen LogP contribution is -2.41. The van der Waals surface area contributed by atoms with Crippen LogP contribution >= 0.6 is 0 Å². The molecule has 1 aromatic carbocycles. The fourth-order valence-corrected chi connectivity index (χ4v) is 3.10. The average molecular weight is 272 g/mol. The zero-order valence-electron chi connectivity index (χ0n) is 12.1. The van der Waals surface area contributed by atoms with Crippen molar-refractivity contribution in [2.24, 2.45) is 5.92 Å². The summed E-state index contributed by atoms with van der Waals surface area (Å²) in [6, 6.07) is 10.5. The summed E-state index contributed by atoms with van der Waals surface area (Å²) in [6.07, 6.45) is 5.92. The Hall–Kier alpha value is -1.35. The Kier molecular flexibility index (Phi) is 4.36. The first kappa shape index (κ1) is 13.6. The predicted molar refractivity (Wildman–Crippen MR) is 80.3 cm³/mol. The Labute approximate surface area is 121 Å². The molecule has 3 rings (SSSR count). The molecule has 3 heteroatoms. The normalized spacial score (nSPS) is 21.4. The number of amides is 1. The highest BCUT2D eigenvalue weighted by molar-refractivity contribution is 5.79. The van der Waals surface area contributed by atoms with Gasteiger partial charge >= 0.3 is 0 Å². The van der Waals surface area contributed by atoms with Crippen LogP contribution in [0.2, 0.25) is 0 Å². The molecule has 108 valence electrons. The number of hydrogen-bond donors (Lipinski definition) is 1. The van der Waals surface area contributed by atoms with E-state index in [0.717, 1.165) is 19.4 Å². The molecular weight excluding hydrogens is 248 g/mol. The Morgan fingerprint density at radius 1 is 1.15 bits per heavy atom. The van der Waals surface area contributed by atoms with Crippen LogP contribution in [0.1, 0.15) is 43.7 Å². The molecule has 1 aromatic rings. The highest BCUT2D eigenvalue weighted by atomic mass is 16.2. The van der Waals surface area contributed by atoms with E-state index in [9.17, 15) is 4.79 Å². The summed E-state index contributed by atoms with van der Waals surface area (Å²) in [5.74, 6) is 0.518. The largest absolute Gasteiger partial charge is 0.348 e. The average Bonchev–Trinajstić information content (AvgIpc) is 2.90. The topological polar surface area (TPSA) is 32.3 Å². The highest BCUT2D eigenvalue weighted by Crippen LogP contribution is 2.27. The van der Waals surface area contributed by atoms with Crippen molar-refractivity contribution in [3.05, 3.63) is 35.9 Å². The summed E-state index contributed by atoms with van der Waals surface area (Å²) in [6.45, 7) is 3.29. The smallest absolute Gasteiger partial charge is 0.223 e. The van der Waals surface area contributed by atoms with Crippen LogP contribution in [-0.2, 0) is 4.79 Å². The van der Waals surface area contributed by atoms with Gasteiger partial charge in [-0.05, 0) is 44.3 Å². The zero-order chi connectivity index (χ0) is 13.8. The molecule has 0 aromatic heterocycles. The summed E-state index contributed by atoms with van der Waals surface area (Å²) in [7, 11) is 0. The lowest BCUT2D eigenvalue weighted by Gasteiger charge is -2.29. The van der Waals surface area contributed by atoms with Crippen LogP contribution in [0.5, 0.6) is 0 Å². The van der Waals surface area contributed by atoms with Gasteiger partial charge < -0.3 is 10.2 Å². The van der Waals surface area contributed by atoms with Crippen molar-refractivity contribution in [2.75, 3.05) is 19.6 Å². The van der Waals surface area contributed by atoms with Gasteiger partial charge in [-0.15, -0.1) is 0 Å². The van der Waals surface area contributed by atoms with Gasteiger partial charge in [-0.2, -0.15) is 0 Å². The Bertz CT molecular complexity index is 436. The molecular formula is C17H24N2O. The number of hydrogen-bond acceptors (Lipinski definition) is 2. The van der Waals surface area contributed by atoms with Gasteiger partial charge in [0.1, 0.15) is 0 Å². The minimum absolute atomic E-state index is 0.141. The van der Waals surface area contributed by atoms with E-state index >= 15 is 0 Å². The Balaban J connectivity index is 1.67. The van der Waals surface area contributed by atoms with Crippen molar-refractivity contribution in [3.8, 4) is 0 Å². The van der Waals surface area contributed by atoms with Crippen LogP contribution in [0.15, 0.2) is 30.3 Å². The molecule has 3 nitrogen and oxygen atoms in total. The summed E-state index contributed by atoms with van der Waals surface area (Å²) >= 11 is 0. The second-order valence-corrected chi connectivity index (χ2v) is 6.11. The Morgan fingerprint density at radius 3 is 2.45 bits per heavy atom. The van der Waals surface area contributed by atoms with Crippen molar-refractivity contribution in [2.45, 2.75) is 38.1 Å². The Morgan fingerprint density at radius 2 is 1.85 bits per heavy atom. The number of nitrogens with one attached hydrogen (secondary N) is 1. The van der Waals surface area contributed by atoms with Gasteiger partial charge in [-0.1, -0.05) is 36.8 Å². The molecule has 1 atom stereocenters. The summed E-state index contributed by atoms with van der Waals surface area (Å²) in [5, 5.41) is 3.28. The van der Waals surface area contributed by atoms with Gasteiger partial charge in [-0.25, -0.2) is 0 Å². The quantitative estimate of drug-likeness (QED) is 0.894. The molecule has 0 bridgehead atoms. The number of rotatable bonds is 5. The van der Waals surface area contributed by atoms with E-state index < -0.39 is 0 Å². The second kappa shape index (κ2) is 6.40. The fourth-order valence-electron chi connectivity index (χ4n) is 3.10. The number of nitrogens with zero attached hydrogens (tertiary/aromatic N) is 1. The molecule has 0 unspecified atom stereocenters. The molecule has 2 aliphatic rings. The first-order valence-corrected chi connectivity index (χ1v) is 7.90. The van der Waals surface area contributed by atoms with Crippen molar-refractivity contribution in [1.29, 1.82) is 0 Å². The fraction of sp³-hybridized carbons (Fsp3) is 0.588. The number of carbonyl (C=O) groups is 1. The molecule has 1 saturated heterocycles. The van der Waals surface area contributed by atoms with E-state index in [2.05, 4.69) is 34.5 Å². The van der Waals surface area contributed by atoms with Crippen molar-refractivity contribution >= 4 is 5.91 Å². The van der Waals surface area contributed by atoms with Crippen LogP contribution < -0.4 is 5.32 Å². The standard InChI is InChI=1S/C17H24N2O/c20-17(15-9-6-10-15)18-16(13-19-11-4-5-12-19)14-7-2-1-3-8-14/h1-3,7-8,15-16H,4-6,9-13H2,(H,18,20)/t16-/m0/s1. The SMILES string of the molecule is O=C(N[C@@H](CN1CCCC1)c1ccccc1)C1CCC1. The molecule has 1 aliphatic heterocycles. The van der Waals surface area contributed by atoms with Crippen LogP contribution in [0, 0.1) is 5.92 Å². The summed E-state index contributed by atoms with van der Waals surface area (Å²) in [4.78, 5) is 14.7. The van der Waals surface area contributed by atoms with Crippen LogP contribution in [0.4, 0.5) is 0 Å². The minimum atomic E-state index is 0.141. The third kappa shape index (κ3) is 3.21. The number of carbonyl (C=O) groups excluding carboxylic acids is 1. The lowest BCUT2D eigenvalue weighted by atomic mass is 9.84. The van der Waals surface area contributed by atoms with Crippen molar-refractivity contribution in [1.82, 2.24) is 10.2 Å². The van der Waals surface area contributed by atoms with E-state index in [1.165, 1.54) is 37.9 Å². The first-order valence-electron chi connectivity index (χ1n) is 7.90. The van der Waals surface area contributed by atoms with Crippen LogP contribution in [-0.4, -0.2) is 30.4 Å². The molecule has 1 N–H and O–H groups in total. The molecule has 1 aliphatic carbocycles. The third-order valence-corrected chi connectivity index (χ3v) is 4.63. The molecule has 0 radical (unpaired) electrons. The van der Waals surface area contributed by atoms with Gasteiger partial charge in [0.05, 0.1) is 6.04 Å². The highest BCUT2D eigenvalue weighted by Gasteiger charge is 2.28. The van der Waals surface area contributed by atoms with E-state index in [0.29, 0.717) is 0 Å². The van der Waals surface area contributed by atoms with Crippen LogP contribution in [0.25, 0.3) is 0 Å². The molecule has 2 fully saturated rings. The summed E-state index contributed by atoms with van der Waals surface area (Å²) in [5.41, 5.74) is 1.23. The van der Waals surface area contributed by atoms with E-state index in [-0.39, 0.29) is 17.9 Å². The van der Waals surface area contributed by atoms with Crippen LogP contribution in [0.3, 0.4) is 0 Å². The third-order valence-electron chi connectivity index (χ3n) is 4.63. The second-order valence-electron chi connectivity index (χ2n) is 6.11. The molecule has 1 saturated carbocycles. The molecule has 0 spiro atoms. The summed E-state index contributed by atoms with van der Waals surface area (Å²) < 4.78 is 0. The monoisotopic (exact) mass is 272 g/mol. The van der Waals surface area contributed by atoms with Crippen molar-refractivity contribution < 1.29 is 4.79 Å². The zero-order valence-corrected chi connectivity index (χ0v) is 12.1. The number of benzene rings is 1. The molecule has 1 heterocycles. The molecule has 1 amide bonds. The van der Waals surface area contributed by atoms with E-state index in [4.69, 9.17) is 0 Å². The van der Waals surface area contributed by atoms with E-state index in [1.807, 2.05) is 6.07 Å². The van der Waals surface area contributed by atoms with Gasteiger partial charge in [0.15, 0.2) is 0 Å². The maximum absolute atomic E-state index is 12.3. The van der Waals surface area contributed by atoms with Gasteiger partial charge in [0.25, 0.3) is 0 Å². The number of likely N-dealkylation sites (tertiary alicyclic amines) is 1. The van der Waals surface area contributed by atoms with Gasteiger partial charge in [0.2, 0.25) is 5.91 Å².